The second-order valence-electron chi connectivity index (χ2n) is 4.18. The number of nitrogens with zero attached hydrogens (tertiary/aromatic N) is 3. The Hall–Kier alpha value is -0.850. The van der Waals surface area contributed by atoms with E-state index in [0.717, 1.165) is 0 Å². The molecular formula is C11H11Cl2N3O2S. The summed E-state index contributed by atoms with van der Waals surface area (Å²) in [6.07, 6.45) is 1.62. The minimum atomic E-state index is -0.0762. The molecule has 2 rings (SSSR count). The van der Waals surface area contributed by atoms with Crippen molar-refractivity contribution in [1.29, 1.82) is 0 Å². The number of carbonyl (C=O) groups excluding carboxylic acids is 2. The van der Waals surface area contributed by atoms with Crippen LogP contribution in [0.3, 0.4) is 0 Å². The SMILES string of the molecule is CC(=O)SCC1CC(=O)N(c2c(Cl)ncnc2Cl)C1. The summed E-state index contributed by atoms with van der Waals surface area (Å²) < 4.78 is 0. The maximum Gasteiger partial charge on any atom is 0.227 e. The van der Waals surface area contributed by atoms with Crippen molar-refractivity contribution in [2.45, 2.75) is 13.3 Å². The van der Waals surface area contributed by atoms with Crippen LogP contribution in [0.5, 0.6) is 0 Å². The molecule has 0 aliphatic carbocycles. The number of anilines is 1. The van der Waals surface area contributed by atoms with Crippen LogP contribution in [0.1, 0.15) is 13.3 Å². The highest BCUT2D eigenvalue weighted by Gasteiger charge is 2.33. The topological polar surface area (TPSA) is 63.2 Å². The van der Waals surface area contributed by atoms with E-state index in [0.29, 0.717) is 24.4 Å². The summed E-state index contributed by atoms with van der Waals surface area (Å²) in [5.41, 5.74) is 0.353. The maximum atomic E-state index is 12.0. The van der Waals surface area contributed by atoms with Gasteiger partial charge in [-0.1, -0.05) is 35.0 Å². The Labute approximate surface area is 124 Å². The average molecular weight is 320 g/mol. The van der Waals surface area contributed by atoms with Gasteiger partial charge in [0.05, 0.1) is 0 Å². The van der Waals surface area contributed by atoms with E-state index >= 15 is 0 Å². The lowest BCUT2D eigenvalue weighted by molar-refractivity contribution is -0.117. The molecule has 1 amide bonds. The Morgan fingerprint density at radius 2 is 2.11 bits per heavy atom. The molecule has 102 valence electrons. The average Bonchev–Trinajstić information content (AvgIpc) is 2.68. The van der Waals surface area contributed by atoms with Crippen LogP contribution in [0, 0.1) is 5.92 Å². The summed E-state index contributed by atoms with van der Waals surface area (Å²) in [6.45, 7) is 1.99. The molecule has 1 aromatic heterocycles. The van der Waals surface area contributed by atoms with Gasteiger partial charge in [0, 0.05) is 25.6 Å². The lowest BCUT2D eigenvalue weighted by Gasteiger charge is -2.18. The number of hydrogen-bond acceptors (Lipinski definition) is 5. The molecule has 1 aliphatic heterocycles. The summed E-state index contributed by atoms with van der Waals surface area (Å²) in [6, 6.07) is 0. The summed E-state index contributed by atoms with van der Waals surface area (Å²) in [5.74, 6) is 0.641. The highest BCUT2D eigenvalue weighted by molar-refractivity contribution is 8.13. The summed E-state index contributed by atoms with van der Waals surface area (Å²) in [7, 11) is 0. The van der Waals surface area contributed by atoms with Gasteiger partial charge in [-0.25, -0.2) is 9.97 Å². The number of rotatable bonds is 3. The predicted molar refractivity (Wildman–Crippen MR) is 75.7 cm³/mol. The van der Waals surface area contributed by atoms with Gasteiger partial charge in [0.25, 0.3) is 0 Å². The molecule has 1 unspecified atom stereocenters. The molecule has 0 N–H and O–H groups in total. The minimum Gasteiger partial charge on any atom is -0.307 e. The lowest BCUT2D eigenvalue weighted by atomic mass is 10.1. The number of thioether (sulfide) groups is 1. The van der Waals surface area contributed by atoms with Crippen LogP contribution in [-0.4, -0.2) is 33.3 Å². The van der Waals surface area contributed by atoms with E-state index in [1.807, 2.05) is 0 Å². The van der Waals surface area contributed by atoms with Crippen molar-refractivity contribution in [1.82, 2.24) is 9.97 Å². The first-order valence-electron chi connectivity index (χ1n) is 5.58. The van der Waals surface area contributed by atoms with Crippen LogP contribution >= 0.6 is 35.0 Å². The van der Waals surface area contributed by atoms with E-state index in [-0.39, 0.29) is 27.2 Å². The fourth-order valence-electron chi connectivity index (χ4n) is 1.90. The molecule has 19 heavy (non-hydrogen) atoms. The van der Waals surface area contributed by atoms with E-state index in [2.05, 4.69) is 9.97 Å². The third-order valence-electron chi connectivity index (χ3n) is 2.73. The van der Waals surface area contributed by atoms with E-state index in [4.69, 9.17) is 23.2 Å². The van der Waals surface area contributed by atoms with Gasteiger partial charge in [0.15, 0.2) is 15.4 Å². The van der Waals surface area contributed by atoms with Crippen molar-refractivity contribution < 1.29 is 9.59 Å². The minimum absolute atomic E-state index is 0.0463. The Balaban J connectivity index is 2.14. The summed E-state index contributed by atoms with van der Waals surface area (Å²) >= 11 is 13.1. The predicted octanol–water partition coefficient (Wildman–Crippen LogP) is 2.42. The molecule has 1 aliphatic rings. The van der Waals surface area contributed by atoms with Crippen LogP contribution in [0.15, 0.2) is 6.33 Å². The molecule has 1 fully saturated rings. The largest absolute Gasteiger partial charge is 0.307 e. The molecule has 0 aromatic carbocycles. The zero-order chi connectivity index (χ0) is 14.0. The lowest BCUT2D eigenvalue weighted by Crippen LogP contribution is -2.26. The van der Waals surface area contributed by atoms with Gasteiger partial charge in [-0.3, -0.25) is 9.59 Å². The van der Waals surface area contributed by atoms with Gasteiger partial charge < -0.3 is 4.90 Å². The van der Waals surface area contributed by atoms with Gasteiger partial charge in [-0.05, 0) is 5.92 Å². The monoisotopic (exact) mass is 319 g/mol. The molecule has 0 bridgehead atoms. The zero-order valence-corrected chi connectivity index (χ0v) is 12.4. The zero-order valence-electron chi connectivity index (χ0n) is 10.1. The van der Waals surface area contributed by atoms with Crippen molar-refractivity contribution in [3.05, 3.63) is 16.6 Å². The Kier molecular flexibility index (Phi) is 4.65. The Bertz CT molecular complexity index is 506. The van der Waals surface area contributed by atoms with E-state index in [1.54, 1.807) is 0 Å². The van der Waals surface area contributed by atoms with Crippen molar-refractivity contribution in [2.75, 3.05) is 17.2 Å². The van der Waals surface area contributed by atoms with Crippen LogP contribution in [0.25, 0.3) is 0 Å². The molecule has 1 aromatic rings. The highest BCUT2D eigenvalue weighted by atomic mass is 35.5. The summed E-state index contributed by atoms with van der Waals surface area (Å²) in [5, 5.41) is 0.367. The van der Waals surface area contributed by atoms with Crippen molar-refractivity contribution in [3.8, 4) is 0 Å². The Morgan fingerprint density at radius 3 is 2.68 bits per heavy atom. The standard InChI is InChI=1S/C11H11Cl2N3O2S/c1-6(17)19-4-7-2-8(18)16(3-7)9-10(12)14-5-15-11(9)13/h5,7H,2-4H2,1H3. The van der Waals surface area contributed by atoms with Gasteiger partial charge in [0.2, 0.25) is 5.91 Å². The first-order chi connectivity index (χ1) is 8.99. The van der Waals surface area contributed by atoms with Crippen LogP contribution in [-0.2, 0) is 9.59 Å². The number of hydrogen-bond donors (Lipinski definition) is 0. The second-order valence-corrected chi connectivity index (χ2v) is 6.09. The number of halogens is 2. The van der Waals surface area contributed by atoms with E-state index in [9.17, 15) is 9.59 Å². The quantitative estimate of drug-likeness (QED) is 0.800. The molecule has 8 heteroatoms. The molecular weight excluding hydrogens is 309 g/mol. The van der Waals surface area contributed by atoms with Crippen LogP contribution < -0.4 is 4.90 Å². The molecule has 0 spiro atoms. The molecule has 1 saturated heterocycles. The normalized spacial score (nSPS) is 19.0. The van der Waals surface area contributed by atoms with Crippen molar-refractivity contribution >= 4 is 51.7 Å². The third-order valence-corrected chi connectivity index (χ3v) is 4.33. The fraction of sp³-hybridized carbons (Fsp3) is 0.455. The molecule has 2 heterocycles. The summed E-state index contributed by atoms with van der Waals surface area (Å²) in [4.78, 5) is 32.1. The Morgan fingerprint density at radius 1 is 1.47 bits per heavy atom. The first kappa shape index (κ1) is 14.6. The van der Waals surface area contributed by atoms with Gasteiger partial charge in [-0.2, -0.15) is 0 Å². The smallest absolute Gasteiger partial charge is 0.227 e. The van der Waals surface area contributed by atoms with E-state index in [1.165, 1.54) is 29.9 Å². The second kappa shape index (κ2) is 6.07. The maximum absolute atomic E-state index is 12.0. The third kappa shape index (κ3) is 3.38. The van der Waals surface area contributed by atoms with Gasteiger partial charge in [-0.15, -0.1) is 0 Å². The fourth-order valence-corrected chi connectivity index (χ4v) is 3.12. The first-order valence-corrected chi connectivity index (χ1v) is 7.33. The van der Waals surface area contributed by atoms with Gasteiger partial charge >= 0.3 is 0 Å². The molecule has 0 radical (unpaired) electrons. The van der Waals surface area contributed by atoms with E-state index < -0.39 is 0 Å². The van der Waals surface area contributed by atoms with Crippen molar-refractivity contribution in [3.63, 3.8) is 0 Å². The van der Waals surface area contributed by atoms with Gasteiger partial charge in [0.1, 0.15) is 12.0 Å². The molecule has 0 saturated carbocycles. The number of carbonyl (C=O) groups is 2. The molecule has 5 nitrogen and oxygen atoms in total. The molecule has 1 atom stereocenters. The number of aromatic nitrogens is 2. The highest BCUT2D eigenvalue weighted by Crippen LogP contribution is 2.35. The van der Waals surface area contributed by atoms with Crippen molar-refractivity contribution in [2.24, 2.45) is 5.92 Å². The van der Waals surface area contributed by atoms with Crippen LogP contribution in [0.2, 0.25) is 10.3 Å². The number of amides is 1. The van der Waals surface area contributed by atoms with Crippen LogP contribution in [0.4, 0.5) is 5.69 Å².